The monoisotopic (exact) mass is 261 g/mol. The van der Waals surface area contributed by atoms with Gasteiger partial charge in [-0.3, -0.25) is 5.32 Å². The van der Waals surface area contributed by atoms with Crippen LogP contribution in [-0.4, -0.2) is 6.09 Å². The predicted molar refractivity (Wildman–Crippen MR) is 71.7 cm³/mol. The molecule has 0 bridgehead atoms. The second-order valence-corrected chi connectivity index (χ2v) is 4.07. The van der Waals surface area contributed by atoms with Gasteiger partial charge in [-0.15, -0.1) is 0 Å². The molecule has 2 aromatic carbocycles. The highest BCUT2D eigenvalue weighted by molar-refractivity contribution is 6.33. The third-order valence-electron chi connectivity index (χ3n) is 2.32. The quantitative estimate of drug-likeness (QED) is 0.904. The van der Waals surface area contributed by atoms with E-state index in [4.69, 9.17) is 16.3 Å². The van der Waals surface area contributed by atoms with Crippen molar-refractivity contribution in [2.45, 2.75) is 6.61 Å². The fourth-order valence-electron chi connectivity index (χ4n) is 1.43. The molecule has 0 saturated carbocycles. The van der Waals surface area contributed by atoms with E-state index in [1.165, 1.54) is 0 Å². The van der Waals surface area contributed by atoms with Crippen molar-refractivity contribution in [1.29, 1.82) is 0 Å². The van der Waals surface area contributed by atoms with Gasteiger partial charge in [-0.25, -0.2) is 4.79 Å². The first kappa shape index (κ1) is 12.5. The standard InChI is InChI=1S/C14H12ClNO2/c15-12-8-4-5-9-13(12)16-14(17)18-10-11-6-2-1-3-7-11/h1-9H,10H2,(H,16,17). The number of ether oxygens (including phenoxy) is 1. The molecule has 0 aliphatic carbocycles. The summed E-state index contributed by atoms with van der Waals surface area (Å²) in [5.74, 6) is 0. The van der Waals surface area contributed by atoms with Crippen molar-refractivity contribution in [1.82, 2.24) is 0 Å². The first-order valence-electron chi connectivity index (χ1n) is 5.48. The zero-order valence-corrected chi connectivity index (χ0v) is 10.4. The van der Waals surface area contributed by atoms with Gasteiger partial charge in [-0.2, -0.15) is 0 Å². The van der Waals surface area contributed by atoms with E-state index in [-0.39, 0.29) is 6.61 Å². The van der Waals surface area contributed by atoms with Crippen molar-refractivity contribution in [2.24, 2.45) is 0 Å². The van der Waals surface area contributed by atoms with E-state index in [0.717, 1.165) is 5.56 Å². The lowest BCUT2D eigenvalue weighted by atomic mass is 10.2. The molecule has 1 N–H and O–H groups in total. The van der Waals surface area contributed by atoms with Crippen LogP contribution in [0.1, 0.15) is 5.56 Å². The van der Waals surface area contributed by atoms with Crippen molar-refractivity contribution < 1.29 is 9.53 Å². The summed E-state index contributed by atoms with van der Waals surface area (Å²) in [5, 5.41) is 3.07. The number of carbonyl (C=O) groups excluding carboxylic acids is 1. The molecular weight excluding hydrogens is 250 g/mol. The molecule has 0 heterocycles. The minimum atomic E-state index is -0.521. The summed E-state index contributed by atoms with van der Waals surface area (Å²) in [6.45, 7) is 0.233. The largest absolute Gasteiger partial charge is 0.444 e. The number of benzene rings is 2. The van der Waals surface area contributed by atoms with E-state index >= 15 is 0 Å². The molecule has 0 aromatic heterocycles. The number of rotatable bonds is 3. The van der Waals surface area contributed by atoms with Crippen LogP contribution in [0.3, 0.4) is 0 Å². The lowest BCUT2D eigenvalue weighted by Gasteiger charge is -2.08. The molecule has 0 radical (unpaired) electrons. The molecule has 18 heavy (non-hydrogen) atoms. The van der Waals surface area contributed by atoms with Gasteiger partial charge in [0.15, 0.2) is 0 Å². The minimum absolute atomic E-state index is 0.233. The first-order chi connectivity index (χ1) is 8.75. The minimum Gasteiger partial charge on any atom is -0.444 e. The summed E-state index contributed by atoms with van der Waals surface area (Å²) in [6, 6.07) is 16.5. The molecule has 0 aliphatic rings. The predicted octanol–water partition coefficient (Wildman–Crippen LogP) is 4.09. The molecule has 2 aromatic rings. The molecular formula is C14H12ClNO2. The topological polar surface area (TPSA) is 38.3 Å². The van der Waals surface area contributed by atoms with E-state index in [1.54, 1.807) is 24.3 Å². The van der Waals surface area contributed by atoms with Crippen LogP contribution in [0.4, 0.5) is 10.5 Å². The zero-order chi connectivity index (χ0) is 12.8. The highest BCUT2D eigenvalue weighted by Crippen LogP contribution is 2.20. The lowest BCUT2D eigenvalue weighted by Crippen LogP contribution is -2.13. The second-order valence-electron chi connectivity index (χ2n) is 3.67. The van der Waals surface area contributed by atoms with Crippen LogP contribution in [0.25, 0.3) is 0 Å². The number of amides is 1. The van der Waals surface area contributed by atoms with Crippen molar-refractivity contribution >= 4 is 23.4 Å². The Morgan fingerprint density at radius 1 is 1.06 bits per heavy atom. The molecule has 2 rings (SSSR count). The van der Waals surface area contributed by atoms with Crippen LogP contribution >= 0.6 is 11.6 Å². The Morgan fingerprint density at radius 2 is 1.72 bits per heavy atom. The van der Waals surface area contributed by atoms with Crippen molar-refractivity contribution in [3.8, 4) is 0 Å². The zero-order valence-electron chi connectivity index (χ0n) is 9.60. The number of hydrogen-bond acceptors (Lipinski definition) is 2. The van der Waals surface area contributed by atoms with Crippen molar-refractivity contribution in [3.05, 3.63) is 65.2 Å². The summed E-state index contributed by atoms with van der Waals surface area (Å²) in [5.41, 5.74) is 1.48. The number of hydrogen-bond donors (Lipinski definition) is 1. The second kappa shape index (κ2) is 6.07. The molecule has 1 amide bonds. The van der Waals surface area contributed by atoms with Gasteiger partial charge in [0.25, 0.3) is 0 Å². The average Bonchev–Trinajstić information content (AvgIpc) is 2.40. The van der Waals surface area contributed by atoms with Crippen LogP contribution < -0.4 is 5.32 Å². The van der Waals surface area contributed by atoms with Crippen LogP contribution in [0.2, 0.25) is 5.02 Å². The molecule has 0 saturated heterocycles. The maximum Gasteiger partial charge on any atom is 0.412 e. The van der Waals surface area contributed by atoms with E-state index in [9.17, 15) is 4.79 Å². The smallest absolute Gasteiger partial charge is 0.412 e. The Bertz CT molecular complexity index is 528. The third kappa shape index (κ3) is 3.50. The molecule has 92 valence electrons. The van der Waals surface area contributed by atoms with Crippen LogP contribution in [0.5, 0.6) is 0 Å². The van der Waals surface area contributed by atoms with Crippen LogP contribution in [-0.2, 0) is 11.3 Å². The van der Waals surface area contributed by atoms with E-state index in [1.807, 2.05) is 30.3 Å². The molecule has 0 aliphatic heterocycles. The van der Waals surface area contributed by atoms with Crippen LogP contribution in [0, 0.1) is 0 Å². The maximum absolute atomic E-state index is 11.5. The van der Waals surface area contributed by atoms with Gasteiger partial charge in [0.2, 0.25) is 0 Å². The van der Waals surface area contributed by atoms with E-state index in [2.05, 4.69) is 5.32 Å². The Labute approximate surface area is 110 Å². The van der Waals surface area contributed by atoms with E-state index < -0.39 is 6.09 Å². The molecule has 0 unspecified atom stereocenters. The van der Waals surface area contributed by atoms with Crippen LogP contribution in [0.15, 0.2) is 54.6 Å². The number of nitrogens with one attached hydrogen (secondary N) is 1. The summed E-state index contributed by atoms with van der Waals surface area (Å²) in [7, 11) is 0. The van der Waals surface area contributed by atoms with Gasteiger partial charge in [-0.1, -0.05) is 54.1 Å². The third-order valence-corrected chi connectivity index (χ3v) is 2.65. The number of para-hydroxylation sites is 1. The maximum atomic E-state index is 11.5. The summed E-state index contributed by atoms with van der Waals surface area (Å²) >= 11 is 5.92. The van der Waals surface area contributed by atoms with Gasteiger partial charge in [0.1, 0.15) is 6.61 Å². The highest BCUT2D eigenvalue weighted by atomic mass is 35.5. The van der Waals surface area contributed by atoms with Gasteiger partial charge in [0, 0.05) is 0 Å². The van der Waals surface area contributed by atoms with Crippen molar-refractivity contribution in [3.63, 3.8) is 0 Å². The number of anilines is 1. The summed E-state index contributed by atoms with van der Waals surface area (Å²) < 4.78 is 5.08. The van der Waals surface area contributed by atoms with Gasteiger partial charge in [0.05, 0.1) is 10.7 Å². The fraction of sp³-hybridized carbons (Fsp3) is 0.0714. The highest BCUT2D eigenvalue weighted by Gasteiger charge is 2.05. The molecule has 4 heteroatoms. The normalized spacial score (nSPS) is 9.83. The lowest BCUT2D eigenvalue weighted by molar-refractivity contribution is 0.155. The Balaban J connectivity index is 1.88. The molecule has 0 atom stereocenters. The Kier molecular flexibility index (Phi) is 4.20. The SMILES string of the molecule is O=C(Nc1ccccc1Cl)OCc1ccccc1. The molecule has 0 fully saturated rings. The van der Waals surface area contributed by atoms with Gasteiger partial charge >= 0.3 is 6.09 Å². The molecule has 0 spiro atoms. The number of halogens is 1. The Morgan fingerprint density at radius 3 is 2.44 bits per heavy atom. The van der Waals surface area contributed by atoms with Crippen molar-refractivity contribution in [2.75, 3.05) is 5.32 Å². The Hall–Kier alpha value is -2.00. The first-order valence-corrected chi connectivity index (χ1v) is 5.86. The van der Waals surface area contributed by atoms with E-state index in [0.29, 0.717) is 10.7 Å². The average molecular weight is 262 g/mol. The molecule has 3 nitrogen and oxygen atoms in total. The summed E-state index contributed by atoms with van der Waals surface area (Å²) in [6.07, 6.45) is -0.521. The van der Waals surface area contributed by atoms with Gasteiger partial charge < -0.3 is 4.74 Å². The summed E-state index contributed by atoms with van der Waals surface area (Å²) in [4.78, 5) is 11.5. The van der Waals surface area contributed by atoms with Gasteiger partial charge in [-0.05, 0) is 17.7 Å². The number of carbonyl (C=O) groups is 1. The fourth-order valence-corrected chi connectivity index (χ4v) is 1.61.